The van der Waals surface area contributed by atoms with Crippen LogP contribution in [0.5, 0.6) is 0 Å². The standard InChI is InChI=1S/C16H35NO4/c1-4-5-6-7-8-9-11-19-13-15-21-16-14-20-12-10-17(2,3)18/h4-16H2,1-3H3. The summed E-state index contributed by atoms with van der Waals surface area (Å²) in [5.41, 5.74) is 0. The van der Waals surface area contributed by atoms with E-state index in [1.807, 2.05) is 0 Å². The largest absolute Gasteiger partial charge is 0.633 e. The zero-order valence-corrected chi connectivity index (χ0v) is 14.3. The summed E-state index contributed by atoms with van der Waals surface area (Å²) >= 11 is 0. The maximum absolute atomic E-state index is 11.2. The lowest BCUT2D eigenvalue weighted by atomic mass is 10.1. The minimum atomic E-state index is -0.312. The van der Waals surface area contributed by atoms with Gasteiger partial charge >= 0.3 is 0 Å². The molecule has 0 fully saturated rings. The Balaban J connectivity index is 3.00. The average Bonchev–Trinajstić information content (AvgIpc) is 2.42. The van der Waals surface area contributed by atoms with Crippen molar-refractivity contribution < 1.29 is 18.9 Å². The summed E-state index contributed by atoms with van der Waals surface area (Å²) in [6.07, 6.45) is 7.73. The molecule has 0 aliphatic rings. The molecular weight excluding hydrogens is 270 g/mol. The Morgan fingerprint density at radius 3 is 1.71 bits per heavy atom. The van der Waals surface area contributed by atoms with Crippen LogP contribution in [-0.4, -0.2) is 64.9 Å². The smallest absolute Gasteiger partial charge is 0.102 e. The van der Waals surface area contributed by atoms with E-state index in [1.165, 1.54) is 32.1 Å². The second kappa shape index (κ2) is 14.7. The third-order valence-electron chi connectivity index (χ3n) is 3.16. The quantitative estimate of drug-likeness (QED) is 0.250. The zero-order valence-electron chi connectivity index (χ0n) is 14.3. The molecule has 0 radical (unpaired) electrons. The van der Waals surface area contributed by atoms with E-state index in [2.05, 4.69) is 6.92 Å². The molecule has 0 atom stereocenters. The lowest BCUT2D eigenvalue weighted by molar-refractivity contribution is -0.840. The Morgan fingerprint density at radius 1 is 0.667 bits per heavy atom. The summed E-state index contributed by atoms with van der Waals surface area (Å²) < 4.78 is 15.9. The third-order valence-corrected chi connectivity index (χ3v) is 3.16. The number of unbranched alkanes of at least 4 members (excludes halogenated alkanes) is 5. The van der Waals surface area contributed by atoms with Crippen LogP contribution in [0, 0.1) is 5.21 Å². The highest BCUT2D eigenvalue weighted by Crippen LogP contribution is 2.04. The molecule has 0 aromatic heterocycles. The van der Waals surface area contributed by atoms with Crippen molar-refractivity contribution in [2.75, 3.05) is 60.3 Å². The molecule has 0 aliphatic heterocycles. The van der Waals surface area contributed by atoms with E-state index in [1.54, 1.807) is 14.1 Å². The van der Waals surface area contributed by atoms with E-state index in [0.29, 0.717) is 39.6 Å². The summed E-state index contributed by atoms with van der Waals surface area (Å²) in [7, 11) is 3.22. The van der Waals surface area contributed by atoms with E-state index in [-0.39, 0.29) is 4.65 Å². The first kappa shape index (κ1) is 20.8. The summed E-state index contributed by atoms with van der Waals surface area (Å²) in [6.45, 7) is 6.39. The van der Waals surface area contributed by atoms with Crippen LogP contribution >= 0.6 is 0 Å². The fourth-order valence-electron chi connectivity index (χ4n) is 1.81. The predicted molar refractivity (Wildman–Crippen MR) is 86.2 cm³/mol. The minimum Gasteiger partial charge on any atom is -0.633 e. The van der Waals surface area contributed by atoms with Crippen molar-refractivity contribution in [3.8, 4) is 0 Å². The predicted octanol–water partition coefficient (Wildman–Crippen LogP) is 2.97. The Bertz CT molecular complexity index is 207. The number of nitrogens with zero attached hydrogens (tertiary/aromatic N) is 1. The summed E-state index contributed by atoms with van der Waals surface area (Å²) in [4.78, 5) is 0. The first-order valence-electron chi connectivity index (χ1n) is 8.33. The molecule has 0 saturated heterocycles. The van der Waals surface area contributed by atoms with E-state index < -0.39 is 0 Å². The van der Waals surface area contributed by atoms with Crippen molar-refractivity contribution in [3.63, 3.8) is 0 Å². The molecule has 0 spiro atoms. The highest BCUT2D eigenvalue weighted by molar-refractivity contribution is 4.43. The van der Waals surface area contributed by atoms with Crippen LogP contribution in [0.3, 0.4) is 0 Å². The first-order valence-corrected chi connectivity index (χ1v) is 8.33. The van der Waals surface area contributed by atoms with Gasteiger partial charge in [-0.2, -0.15) is 0 Å². The molecule has 0 aliphatic carbocycles. The maximum Gasteiger partial charge on any atom is 0.102 e. The average molecular weight is 305 g/mol. The van der Waals surface area contributed by atoms with E-state index in [0.717, 1.165) is 13.0 Å². The van der Waals surface area contributed by atoms with Gasteiger partial charge < -0.3 is 24.1 Å². The summed E-state index contributed by atoms with van der Waals surface area (Å²) in [5.74, 6) is 0. The molecule has 0 unspecified atom stereocenters. The van der Waals surface area contributed by atoms with Gasteiger partial charge in [0.05, 0.1) is 47.1 Å². The van der Waals surface area contributed by atoms with Gasteiger partial charge in [-0.25, -0.2) is 0 Å². The van der Waals surface area contributed by atoms with Crippen molar-refractivity contribution in [2.24, 2.45) is 0 Å². The van der Waals surface area contributed by atoms with Crippen molar-refractivity contribution in [2.45, 2.75) is 45.4 Å². The van der Waals surface area contributed by atoms with Gasteiger partial charge in [-0.1, -0.05) is 39.0 Å². The molecule has 21 heavy (non-hydrogen) atoms. The van der Waals surface area contributed by atoms with E-state index in [9.17, 15) is 5.21 Å². The number of rotatable bonds is 16. The number of likely N-dealkylation sites (N-methyl/N-ethyl adjacent to an activating group) is 1. The van der Waals surface area contributed by atoms with Crippen LogP contribution in [0.1, 0.15) is 45.4 Å². The van der Waals surface area contributed by atoms with Gasteiger partial charge in [-0.05, 0) is 6.42 Å². The number of hydrogen-bond donors (Lipinski definition) is 0. The third kappa shape index (κ3) is 19.8. The van der Waals surface area contributed by atoms with E-state index in [4.69, 9.17) is 14.2 Å². The van der Waals surface area contributed by atoms with Gasteiger partial charge in [0.1, 0.15) is 6.54 Å². The minimum absolute atomic E-state index is 0.312. The lowest BCUT2D eigenvalue weighted by Crippen LogP contribution is -2.35. The van der Waals surface area contributed by atoms with Crippen LogP contribution in [0.4, 0.5) is 0 Å². The SMILES string of the molecule is CCCCCCCCOCCOCCOCC[N+](C)(C)[O-]. The second-order valence-electron chi connectivity index (χ2n) is 5.90. The normalized spacial score (nSPS) is 12.0. The molecule has 5 nitrogen and oxygen atoms in total. The topological polar surface area (TPSA) is 50.8 Å². The van der Waals surface area contributed by atoms with Gasteiger partial charge in [0.15, 0.2) is 0 Å². The van der Waals surface area contributed by atoms with Crippen LogP contribution in [-0.2, 0) is 14.2 Å². The van der Waals surface area contributed by atoms with E-state index >= 15 is 0 Å². The number of hydrogen-bond acceptors (Lipinski definition) is 4. The molecule has 128 valence electrons. The number of ether oxygens (including phenoxy) is 3. The van der Waals surface area contributed by atoms with Crippen molar-refractivity contribution in [1.82, 2.24) is 0 Å². The van der Waals surface area contributed by atoms with Gasteiger partial charge in [-0.3, -0.25) is 0 Å². The fraction of sp³-hybridized carbons (Fsp3) is 1.00. The van der Waals surface area contributed by atoms with Crippen molar-refractivity contribution in [3.05, 3.63) is 5.21 Å². The highest BCUT2D eigenvalue weighted by Gasteiger charge is 2.00. The molecule has 0 bridgehead atoms. The molecule has 0 saturated carbocycles. The van der Waals surface area contributed by atoms with Crippen molar-refractivity contribution >= 4 is 0 Å². The molecule has 0 amide bonds. The van der Waals surface area contributed by atoms with Crippen LogP contribution < -0.4 is 0 Å². The molecule has 0 N–H and O–H groups in total. The first-order chi connectivity index (χ1) is 10.1. The Kier molecular flexibility index (Phi) is 14.6. The summed E-state index contributed by atoms with van der Waals surface area (Å²) in [5, 5.41) is 11.2. The molecule has 0 aromatic rings. The fourth-order valence-corrected chi connectivity index (χ4v) is 1.81. The van der Waals surface area contributed by atoms with Crippen LogP contribution in [0.25, 0.3) is 0 Å². The van der Waals surface area contributed by atoms with Crippen LogP contribution in [0.15, 0.2) is 0 Å². The molecule has 5 heteroatoms. The second-order valence-corrected chi connectivity index (χ2v) is 5.90. The Morgan fingerprint density at radius 2 is 1.14 bits per heavy atom. The Labute approximate surface area is 130 Å². The zero-order chi connectivity index (χ0) is 15.8. The van der Waals surface area contributed by atoms with Gasteiger partial charge in [0.25, 0.3) is 0 Å². The van der Waals surface area contributed by atoms with Gasteiger partial charge in [0, 0.05) is 6.61 Å². The van der Waals surface area contributed by atoms with Crippen molar-refractivity contribution in [1.29, 1.82) is 0 Å². The number of hydroxylamine groups is 3. The number of quaternary nitrogens is 1. The lowest BCUT2D eigenvalue weighted by Gasteiger charge is -2.33. The van der Waals surface area contributed by atoms with Gasteiger partial charge in [0.2, 0.25) is 0 Å². The monoisotopic (exact) mass is 305 g/mol. The van der Waals surface area contributed by atoms with Crippen LogP contribution in [0.2, 0.25) is 0 Å². The highest BCUT2D eigenvalue weighted by atomic mass is 16.6. The summed E-state index contributed by atoms with van der Waals surface area (Å²) in [6, 6.07) is 0. The molecule has 0 rings (SSSR count). The molecular formula is C16H35NO4. The Hall–Kier alpha value is -0.200. The molecule has 0 heterocycles. The maximum atomic E-state index is 11.2. The molecule has 0 aromatic carbocycles. The van der Waals surface area contributed by atoms with Gasteiger partial charge in [-0.15, -0.1) is 0 Å².